The summed E-state index contributed by atoms with van der Waals surface area (Å²) >= 11 is 0. The molecular weight excluding hydrogens is 297 g/mol. The number of anilines is 1. The van der Waals surface area contributed by atoms with Crippen molar-refractivity contribution in [1.82, 2.24) is 0 Å². The first kappa shape index (κ1) is 20.0. The summed E-state index contributed by atoms with van der Waals surface area (Å²) in [5.41, 5.74) is 3.56. The minimum absolute atomic E-state index is 0. The number of esters is 1. The van der Waals surface area contributed by atoms with E-state index < -0.39 is 24.0 Å². The van der Waals surface area contributed by atoms with Crippen LogP contribution in [0.4, 0.5) is 18.6 Å². The van der Waals surface area contributed by atoms with Gasteiger partial charge in [0.2, 0.25) is 0 Å². The normalized spacial score (nSPS) is 11.8. The molecule has 0 aliphatic rings. The fourth-order valence-electron chi connectivity index (χ4n) is 1.55. The van der Waals surface area contributed by atoms with Crippen molar-refractivity contribution in [2.75, 3.05) is 5.73 Å². The first-order valence-corrected chi connectivity index (χ1v) is 5.75. The number of hydrogen-bond donors (Lipinski definition) is 1. The number of carbonyl (C=O) groups is 1. The van der Waals surface area contributed by atoms with E-state index in [9.17, 15) is 17.7 Å². The first-order valence-electron chi connectivity index (χ1n) is 5.75. The number of hydrogen-bond acceptors (Lipinski definition) is 3. The van der Waals surface area contributed by atoms with Crippen LogP contribution < -0.4 is 62.6 Å². The third-order valence-electron chi connectivity index (χ3n) is 2.48. The van der Waals surface area contributed by atoms with Gasteiger partial charge in [-0.15, -0.1) is 5.46 Å². The summed E-state index contributed by atoms with van der Waals surface area (Å²) in [6.07, 6.45) is 0. The fraction of sp³-hybridized carbons (Fsp3) is 0.417. The topological polar surface area (TPSA) is 52.3 Å². The molecule has 0 amide bonds. The van der Waals surface area contributed by atoms with Crippen molar-refractivity contribution in [1.29, 1.82) is 0 Å². The maximum atomic E-state index is 12.9. The third-order valence-corrected chi connectivity index (χ3v) is 2.48. The van der Waals surface area contributed by atoms with Crippen LogP contribution in [0.2, 0.25) is 0 Å². The zero-order chi connectivity index (χ0) is 15.0. The van der Waals surface area contributed by atoms with Crippen molar-refractivity contribution in [2.45, 2.75) is 33.3 Å². The Kier molecular flexibility index (Phi) is 6.82. The summed E-state index contributed by atoms with van der Waals surface area (Å²) in [4.78, 5) is 11.8. The van der Waals surface area contributed by atoms with E-state index >= 15 is 0 Å². The average Bonchev–Trinajstić information content (AvgIpc) is 2.17. The predicted octanol–water partition coefficient (Wildman–Crippen LogP) is -0.409. The SMILES string of the molecule is Cc1c(N)cc(C(=O)OC(C)(C)C)cc1[B-](F)(F)F.[K+]. The number of halogens is 3. The Morgan fingerprint density at radius 1 is 1.25 bits per heavy atom. The van der Waals surface area contributed by atoms with Gasteiger partial charge in [0.05, 0.1) is 5.56 Å². The Labute approximate surface area is 158 Å². The second-order valence-electron chi connectivity index (χ2n) is 5.36. The van der Waals surface area contributed by atoms with E-state index in [1.165, 1.54) is 13.0 Å². The molecule has 1 rings (SSSR count). The van der Waals surface area contributed by atoms with Crippen LogP contribution >= 0.6 is 0 Å². The van der Waals surface area contributed by atoms with Gasteiger partial charge < -0.3 is 23.4 Å². The number of ether oxygens (including phenoxy) is 1. The van der Waals surface area contributed by atoms with E-state index in [1.54, 1.807) is 20.8 Å². The van der Waals surface area contributed by atoms with Crippen LogP contribution in [0.3, 0.4) is 0 Å². The van der Waals surface area contributed by atoms with Gasteiger partial charge in [0.15, 0.2) is 0 Å². The largest absolute Gasteiger partial charge is 1.00 e. The molecular formula is C12H16BF3KNO2. The van der Waals surface area contributed by atoms with Gasteiger partial charge in [-0.3, -0.25) is 0 Å². The number of nitrogens with two attached hydrogens (primary N) is 1. The van der Waals surface area contributed by atoms with Crippen LogP contribution in [0.1, 0.15) is 36.7 Å². The molecule has 20 heavy (non-hydrogen) atoms. The summed E-state index contributed by atoms with van der Waals surface area (Å²) in [6.45, 7) is 0.962. The van der Waals surface area contributed by atoms with Gasteiger partial charge >= 0.3 is 64.3 Å². The fourth-order valence-corrected chi connectivity index (χ4v) is 1.55. The summed E-state index contributed by atoms with van der Waals surface area (Å²) in [7, 11) is 0. The summed E-state index contributed by atoms with van der Waals surface area (Å²) < 4.78 is 43.6. The van der Waals surface area contributed by atoms with E-state index in [0.717, 1.165) is 6.07 Å². The van der Waals surface area contributed by atoms with Gasteiger partial charge in [-0.2, -0.15) is 0 Å². The molecule has 1 aromatic rings. The Bertz CT molecular complexity index is 513. The Hall–Kier alpha value is -0.0187. The molecule has 106 valence electrons. The molecule has 0 heterocycles. The van der Waals surface area contributed by atoms with Crippen molar-refractivity contribution in [3.63, 3.8) is 0 Å². The van der Waals surface area contributed by atoms with Crippen molar-refractivity contribution >= 4 is 24.1 Å². The molecule has 2 N–H and O–H groups in total. The van der Waals surface area contributed by atoms with Gasteiger partial charge in [0, 0.05) is 5.69 Å². The maximum absolute atomic E-state index is 12.9. The molecule has 0 aliphatic carbocycles. The van der Waals surface area contributed by atoms with Gasteiger partial charge in [-0.1, -0.05) is 11.6 Å². The van der Waals surface area contributed by atoms with Crippen LogP contribution in [-0.4, -0.2) is 18.5 Å². The van der Waals surface area contributed by atoms with E-state index in [-0.39, 0.29) is 68.2 Å². The minimum Gasteiger partial charge on any atom is -0.456 e. The van der Waals surface area contributed by atoms with Crippen molar-refractivity contribution in [2.24, 2.45) is 0 Å². The molecule has 0 bridgehead atoms. The number of benzene rings is 1. The molecule has 0 radical (unpaired) electrons. The molecule has 1 aromatic carbocycles. The Morgan fingerprint density at radius 2 is 1.75 bits per heavy atom. The van der Waals surface area contributed by atoms with Crippen molar-refractivity contribution < 1.29 is 73.9 Å². The average molecular weight is 313 g/mol. The summed E-state index contributed by atoms with van der Waals surface area (Å²) in [6, 6.07) is 1.99. The summed E-state index contributed by atoms with van der Waals surface area (Å²) in [5, 5.41) is 0. The number of carbonyl (C=O) groups excluding carboxylic acids is 1. The Balaban J connectivity index is 0.00000361. The van der Waals surface area contributed by atoms with Gasteiger partial charge in [0.25, 0.3) is 0 Å². The summed E-state index contributed by atoms with van der Waals surface area (Å²) in [5.74, 6) is -0.819. The van der Waals surface area contributed by atoms with Crippen LogP contribution in [0.5, 0.6) is 0 Å². The van der Waals surface area contributed by atoms with Gasteiger partial charge in [-0.25, -0.2) is 4.79 Å². The molecule has 0 aliphatic heterocycles. The van der Waals surface area contributed by atoms with E-state index in [0.29, 0.717) is 0 Å². The zero-order valence-electron chi connectivity index (χ0n) is 12.3. The van der Waals surface area contributed by atoms with Crippen molar-refractivity contribution in [3.05, 3.63) is 23.3 Å². The molecule has 0 spiro atoms. The molecule has 8 heteroatoms. The second kappa shape index (κ2) is 6.83. The van der Waals surface area contributed by atoms with Crippen LogP contribution in [0, 0.1) is 6.92 Å². The van der Waals surface area contributed by atoms with Gasteiger partial charge in [0.1, 0.15) is 5.60 Å². The predicted molar refractivity (Wildman–Crippen MR) is 69.5 cm³/mol. The van der Waals surface area contributed by atoms with Crippen LogP contribution in [0.25, 0.3) is 0 Å². The number of rotatable bonds is 2. The minimum atomic E-state index is -5.22. The molecule has 3 nitrogen and oxygen atoms in total. The Morgan fingerprint density at radius 3 is 2.15 bits per heavy atom. The quantitative estimate of drug-likeness (QED) is 0.459. The monoisotopic (exact) mass is 313 g/mol. The maximum Gasteiger partial charge on any atom is 1.00 e. The molecule has 0 aromatic heterocycles. The number of nitrogen functional groups attached to an aromatic ring is 1. The van der Waals surface area contributed by atoms with E-state index in [1.807, 2.05) is 0 Å². The van der Waals surface area contributed by atoms with E-state index in [4.69, 9.17) is 10.5 Å². The first-order chi connectivity index (χ1) is 8.42. The zero-order valence-corrected chi connectivity index (χ0v) is 15.4. The standard InChI is InChI=1S/C12H16BF3NO2.K/c1-7-9(13(14,15)16)5-8(6-10(7)17)11(18)19-12(2,3)4;/h5-6H,17H2,1-4H3;/q-1;+1. The third kappa shape index (κ3) is 5.40. The second-order valence-corrected chi connectivity index (χ2v) is 5.36. The van der Waals surface area contributed by atoms with Crippen molar-refractivity contribution in [3.8, 4) is 0 Å². The molecule has 0 saturated heterocycles. The van der Waals surface area contributed by atoms with Gasteiger partial charge in [-0.05, 0) is 33.8 Å². The smallest absolute Gasteiger partial charge is 0.456 e. The molecule has 0 atom stereocenters. The molecule has 0 unspecified atom stereocenters. The van der Waals surface area contributed by atoms with E-state index in [2.05, 4.69) is 0 Å². The molecule has 0 fully saturated rings. The van der Waals surface area contributed by atoms with Crippen LogP contribution in [0.15, 0.2) is 12.1 Å². The molecule has 0 saturated carbocycles. The van der Waals surface area contributed by atoms with Crippen LogP contribution in [-0.2, 0) is 4.74 Å².